The minimum Gasteiger partial charge on any atom is -0.504 e. The Labute approximate surface area is 386 Å². The van der Waals surface area contributed by atoms with Gasteiger partial charge < -0.3 is 105 Å². The number of aliphatic carboxylic acids is 1. The molecule has 0 bridgehead atoms. The van der Waals surface area contributed by atoms with Crippen LogP contribution in [-0.4, -0.2) is 226 Å². The third kappa shape index (κ3) is 15.8. The van der Waals surface area contributed by atoms with Gasteiger partial charge in [-0.1, -0.05) is 25.7 Å². The summed E-state index contributed by atoms with van der Waals surface area (Å²) in [5.74, 6) is -5.84. The summed E-state index contributed by atoms with van der Waals surface area (Å²) < 4.78 is 42.7. The summed E-state index contributed by atoms with van der Waals surface area (Å²) in [5.41, 5.74) is 0.226. The summed E-state index contributed by atoms with van der Waals surface area (Å²) in [6.45, 7) is -1.02. The van der Waals surface area contributed by atoms with Crippen molar-refractivity contribution in [2.75, 3.05) is 54.4 Å². The number of unbranched alkanes of at least 4 members (excludes halogenated alkanes) is 5. The van der Waals surface area contributed by atoms with Crippen molar-refractivity contribution < 1.29 is 113 Å². The maximum Gasteiger partial charge on any atom is 0.364 e. The van der Waals surface area contributed by atoms with E-state index in [0.717, 1.165) is 45.4 Å². The lowest BCUT2D eigenvalue weighted by molar-refractivity contribution is -0.347. The number of amides is 2. The van der Waals surface area contributed by atoms with E-state index in [9.17, 15) is 70.2 Å². The summed E-state index contributed by atoms with van der Waals surface area (Å²) in [6.07, 6.45) is -12.2. The number of carboxylic acids is 1. The number of esters is 1. The Morgan fingerprint density at radius 2 is 1.49 bits per heavy atom. The smallest absolute Gasteiger partial charge is 0.364 e. The summed E-state index contributed by atoms with van der Waals surface area (Å²) in [7, 11) is 4.16. The van der Waals surface area contributed by atoms with Crippen LogP contribution < -0.4 is 15.4 Å². The first-order valence-electron chi connectivity index (χ1n) is 21.8. The third-order valence-corrected chi connectivity index (χ3v) is 11.4. The van der Waals surface area contributed by atoms with Gasteiger partial charge in [-0.15, -0.1) is 0 Å². The van der Waals surface area contributed by atoms with Crippen LogP contribution in [0.25, 0.3) is 0 Å². The van der Waals surface area contributed by atoms with E-state index < -0.39 is 142 Å². The summed E-state index contributed by atoms with van der Waals surface area (Å²) in [5, 5.41) is 114. The molecule has 3 aliphatic heterocycles. The van der Waals surface area contributed by atoms with E-state index in [4.69, 9.17) is 38.3 Å². The van der Waals surface area contributed by atoms with Gasteiger partial charge in [0.15, 0.2) is 17.8 Å². The Morgan fingerprint density at radius 3 is 2.07 bits per heavy atom. The molecule has 2 amide bonds. The summed E-state index contributed by atoms with van der Waals surface area (Å²) >= 11 is 0. The Hall–Kier alpha value is -3.90. The molecule has 0 saturated carbocycles. The molecule has 4 rings (SSSR count). The molecule has 0 radical (unpaired) electrons. The Kier molecular flexibility index (Phi) is 23.9. The lowest BCUT2D eigenvalue weighted by Crippen LogP contribution is -2.69. The van der Waals surface area contributed by atoms with E-state index in [0.29, 0.717) is 13.0 Å². The standard InChI is InChI=1S/C25H39NO10.C17H29NO13/c1-32-18-14-16(11-12-17(18)28)24(31)26-21-23(34-3)22(30)19(15-27)36-25(21)35-13-9-7-5-4-6-8-10-20(29)33-2;1-6(21)18-11-7(22)2-17(16(27)28,31-15(11)12(25)8(23)3-19)30-14-9(24)5-29-10(4-20)13(14)26/h11-12,14,19,21-23,25,27-28,30H,4-10,13,15H2,1-3H3,(H,26,31);7-15,19-20,22-26H,2-5H2,1H3,(H,18,21)(H,27,28)/t19?,21?,22-,23?,25-;7?,8-,9?,10?,11-,12-,13+,14?,15?,17-/m11/s1. The predicted molar refractivity (Wildman–Crippen MR) is 225 cm³/mol. The molecular weight excluding hydrogens is 900 g/mol. The van der Waals surface area contributed by atoms with Gasteiger partial charge >= 0.3 is 11.9 Å². The number of carboxylic acid groups (broad SMARTS) is 1. The highest BCUT2D eigenvalue weighted by atomic mass is 16.7. The molecule has 3 fully saturated rings. The number of hydrogen-bond acceptors (Lipinski definition) is 22. The van der Waals surface area contributed by atoms with Crippen molar-refractivity contribution in [1.82, 2.24) is 10.6 Å². The summed E-state index contributed by atoms with van der Waals surface area (Å²) in [4.78, 5) is 47.7. The second-order valence-corrected chi connectivity index (χ2v) is 16.2. The zero-order valence-corrected chi connectivity index (χ0v) is 37.8. The monoisotopic (exact) mass is 968 g/mol. The van der Waals surface area contributed by atoms with Crippen LogP contribution in [-0.2, 0) is 47.5 Å². The van der Waals surface area contributed by atoms with Crippen molar-refractivity contribution in [1.29, 1.82) is 0 Å². The van der Waals surface area contributed by atoms with Gasteiger partial charge in [-0.2, -0.15) is 0 Å². The molecule has 0 aliphatic carbocycles. The lowest BCUT2D eigenvalue weighted by Gasteiger charge is -2.49. The second-order valence-electron chi connectivity index (χ2n) is 16.2. The molecule has 384 valence electrons. The molecule has 0 aromatic heterocycles. The van der Waals surface area contributed by atoms with Gasteiger partial charge in [-0.05, 0) is 31.0 Å². The molecule has 3 saturated heterocycles. The zero-order valence-electron chi connectivity index (χ0n) is 37.8. The number of phenolic OH excluding ortho intramolecular Hbond substituents is 1. The van der Waals surface area contributed by atoms with Crippen molar-refractivity contribution in [2.45, 2.75) is 150 Å². The van der Waals surface area contributed by atoms with Crippen LogP contribution in [0.5, 0.6) is 11.5 Å². The average Bonchev–Trinajstić information content (AvgIpc) is 3.30. The van der Waals surface area contributed by atoms with Gasteiger partial charge in [0.25, 0.3) is 11.7 Å². The maximum absolute atomic E-state index is 12.9. The average molecular weight is 969 g/mol. The predicted octanol–water partition coefficient (Wildman–Crippen LogP) is -3.85. The van der Waals surface area contributed by atoms with Crippen molar-refractivity contribution in [3.63, 3.8) is 0 Å². The summed E-state index contributed by atoms with van der Waals surface area (Å²) in [6, 6.07) is 1.92. The van der Waals surface area contributed by atoms with E-state index in [1.807, 2.05) is 0 Å². The highest BCUT2D eigenvalue weighted by Gasteiger charge is 2.58. The van der Waals surface area contributed by atoms with Gasteiger partial charge in [0.1, 0.15) is 67.1 Å². The van der Waals surface area contributed by atoms with E-state index in [-0.39, 0.29) is 23.0 Å². The Bertz CT molecular complexity index is 1690. The minimum atomic E-state index is -2.74. The van der Waals surface area contributed by atoms with E-state index in [1.165, 1.54) is 39.5 Å². The van der Waals surface area contributed by atoms with E-state index >= 15 is 0 Å². The first-order valence-corrected chi connectivity index (χ1v) is 21.8. The highest BCUT2D eigenvalue weighted by molar-refractivity contribution is 5.95. The number of aliphatic hydroxyl groups excluding tert-OH is 9. The van der Waals surface area contributed by atoms with Gasteiger partial charge in [-0.3, -0.25) is 14.4 Å². The largest absolute Gasteiger partial charge is 0.504 e. The van der Waals surface area contributed by atoms with Gasteiger partial charge in [-0.25, -0.2) is 4.79 Å². The Morgan fingerprint density at radius 1 is 0.851 bits per heavy atom. The first-order chi connectivity index (χ1) is 31.8. The van der Waals surface area contributed by atoms with Gasteiger partial charge in [0, 0.05) is 39.0 Å². The van der Waals surface area contributed by atoms with Gasteiger partial charge in [0.2, 0.25) is 5.91 Å². The van der Waals surface area contributed by atoms with E-state index in [1.54, 1.807) is 0 Å². The number of aliphatic hydroxyl groups is 9. The number of phenols is 1. The fourth-order valence-electron chi connectivity index (χ4n) is 7.71. The number of rotatable bonds is 23. The molecule has 3 aliphatic rings. The molecule has 1 aromatic carbocycles. The topological polar surface area (TPSA) is 389 Å². The van der Waals surface area contributed by atoms with Crippen molar-refractivity contribution in [2.24, 2.45) is 0 Å². The van der Waals surface area contributed by atoms with Crippen molar-refractivity contribution in [3.8, 4) is 11.5 Å². The van der Waals surface area contributed by atoms with Crippen LogP contribution in [0.3, 0.4) is 0 Å². The van der Waals surface area contributed by atoms with Crippen molar-refractivity contribution in [3.05, 3.63) is 23.8 Å². The third-order valence-electron chi connectivity index (χ3n) is 11.4. The minimum absolute atomic E-state index is 0.101. The molecule has 25 heteroatoms. The van der Waals surface area contributed by atoms with Crippen LogP contribution in [0.1, 0.15) is 68.6 Å². The van der Waals surface area contributed by atoms with E-state index in [2.05, 4.69) is 15.4 Å². The number of aromatic hydroxyl groups is 1. The number of ether oxygens (including phenoxy) is 8. The molecule has 0 spiro atoms. The number of carbonyl (C=O) groups is 4. The van der Waals surface area contributed by atoms with Gasteiger partial charge in [0.05, 0.1) is 52.8 Å². The number of hydrogen-bond donors (Lipinski definition) is 13. The van der Waals surface area contributed by atoms with Crippen molar-refractivity contribution >= 4 is 23.8 Å². The molecule has 3 heterocycles. The lowest BCUT2D eigenvalue weighted by atomic mass is 9.88. The van der Waals surface area contributed by atoms with Crippen LogP contribution >= 0.6 is 0 Å². The molecule has 67 heavy (non-hydrogen) atoms. The fourth-order valence-corrected chi connectivity index (χ4v) is 7.71. The maximum atomic E-state index is 12.9. The molecule has 13 N–H and O–H groups in total. The van der Waals surface area contributed by atoms with Crippen LogP contribution in [0.15, 0.2) is 18.2 Å². The zero-order chi connectivity index (χ0) is 50.0. The normalized spacial score (nSPS) is 31.6. The first kappa shape index (κ1) is 57.4. The highest BCUT2D eigenvalue weighted by Crippen LogP contribution is 2.37. The number of benzene rings is 1. The van der Waals surface area contributed by atoms with Crippen LogP contribution in [0, 0.1) is 0 Å². The second kappa shape index (κ2) is 27.9. The quantitative estimate of drug-likeness (QED) is 0.0369. The van der Waals surface area contributed by atoms with Crippen LogP contribution in [0.2, 0.25) is 0 Å². The molecule has 25 nitrogen and oxygen atoms in total. The fraction of sp³-hybridized carbons (Fsp3) is 0.762. The van der Waals surface area contributed by atoms with Crippen LogP contribution in [0.4, 0.5) is 0 Å². The molecular formula is C42H68N2O23. The molecule has 1 aromatic rings. The Balaban J connectivity index is 0.000000359. The molecule has 8 unspecified atom stereocenters. The number of methoxy groups -OCH3 is 3. The number of carbonyl (C=O) groups excluding carboxylic acids is 3. The number of nitrogens with one attached hydrogen (secondary N) is 2. The molecule has 15 atom stereocenters. The SMILES string of the molecule is CC(=O)N[C@@H]1C(O)C[C@](OC2C(O)COC(CO)[C@@H]2O)(C(=O)O)OC1[C@H](O)[C@H](O)CO.COC(=O)CCCCCCCCO[C@@H]1OC(CO)[C@@H](O)C(OC)C1NC(=O)c1ccc(O)c(OC)c1.